The molecule has 0 aliphatic carbocycles. The molecule has 0 radical (unpaired) electrons. The first kappa shape index (κ1) is 15.8. The second-order valence-corrected chi connectivity index (χ2v) is 6.40. The molecule has 2 N–H and O–H groups in total. The van der Waals surface area contributed by atoms with Crippen LogP contribution in [-0.4, -0.2) is 52.6 Å². The van der Waals surface area contributed by atoms with Gasteiger partial charge in [0.2, 0.25) is 0 Å². The van der Waals surface area contributed by atoms with Gasteiger partial charge in [-0.2, -0.15) is 5.10 Å². The van der Waals surface area contributed by atoms with Crippen molar-refractivity contribution >= 4 is 11.6 Å². The Morgan fingerprint density at radius 2 is 2.00 bits per heavy atom. The van der Waals surface area contributed by atoms with E-state index in [1.807, 2.05) is 14.0 Å². The number of aryl methyl sites for hydroxylation is 2. The first-order valence-electron chi connectivity index (χ1n) is 7.10. The molecule has 1 aliphatic rings. The van der Waals surface area contributed by atoms with Gasteiger partial charge in [-0.05, 0) is 27.2 Å². The third kappa shape index (κ3) is 3.01. The van der Waals surface area contributed by atoms with Gasteiger partial charge in [-0.15, -0.1) is 0 Å². The first-order chi connectivity index (χ1) is 9.34. The van der Waals surface area contributed by atoms with Crippen molar-refractivity contribution in [3.05, 3.63) is 16.4 Å². The predicted octanol–water partition coefficient (Wildman–Crippen LogP) is 1.36. The van der Waals surface area contributed by atoms with Crippen LogP contribution in [0.15, 0.2) is 0 Å². The summed E-state index contributed by atoms with van der Waals surface area (Å²) in [5, 5.41) is 5.04. The van der Waals surface area contributed by atoms with Gasteiger partial charge in [0.15, 0.2) is 0 Å². The average Bonchev–Trinajstić information content (AvgIpc) is 2.66. The summed E-state index contributed by atoms with van der Waals surface area (Å²) in [5.74, 6) is 0. The topological polar surface area (TPSA) is 56.3 Å². The van der Waals surface area contributed by atoms with Crippen LogP contribution in [0.25, 0.3) is 0 Å². The highest BCUT2D eigenvalue weighted by Gasteiger charge is 2.35. The maximum Gasteiger partial charge on any atom is 0.130 e. The monoisotopic (exact) mass is 300 g/mol. The van der Waals surface area contributed by atoms with E-state index in [9.17, 15) is 0 Å². The molecule has 1 fully saturated rings. The molecule has 2 rings (SSSR count). The van der Waals surface area contributed by atoms with Gasteiger partial charge >= 0.3 is 0 Å². The number of morpholine rings is 1. The summed E-state index contributed by atoms with van der Waals surface area (Å²) in [6.07, 6.45) is 0.739. The summed E-state index contributed by atoms with van der Waals surface area (Å²) in [4.78, 5) is 2.40. The number of aromatic nitrogens is 2. The summed E-state index contributed by atoms with van der Waals surface area (Å²) in [5.41, 5.74) is 8.42. The van der Waals surface area contributed by atoms with E-state index in [4.69, 9.17) is 22.1 Å². The summed E-state index contributed by atoms with van der Waals surface area (Å²) < 4.78 is 7.13. The highest BCUT2D eigenvalue weighted by molar-refractivity contribution is 6.30. The maximum atomic E-state index is 6.48. The Balaban J connectivity index is 2.11. The normalized spacial score (nSPS) is 19.3. The number of rotatable bonds is 4. The molecule has 1 atom stereocenters. The molecule has 2 heterocycles. The summed E-state index contributed by atoms with van der Waals surface area (Å²) in [6, 6.07) is 0.000926. The molecular weight excluding hydrogens is 276 g/mol. The van der Waals surface area contributed by atoms with Crippen LogP contribution < -0.4 is 5.73 Å². The molecule has 1 aromatic heterocycles. The average molecular weight is 301 g/mol. The van der Waals surface area contributed by atoms with E-state index in [1.54, 1.807) is 4.68 Å². The van der Waals surface area contributed by atoms with Gasteiger partial charge in [0.1, 0.15) is 5.15 Å². The molecule has 1 saturated heterocycles. The molecule has 1 aliphatic heterocycles. The Labute approximate surface area is 126 Å². The van der Waals surface area contributed by atoms with E-state index >= 15 is 0 Å². The van der Waals surface area contributed by atoms with Gasteiger partial charge in [0.05, 0.1) is 18.9 Å². The fourth-order valence-electron chi connectivity index (χ4n) is 2.75. The smallest absolute Gasteiger partial charge is 0.130 e. The van der Waals surface area contributed by atoms with Crippen LogP contribution >= 0.6 is 11.6 Å². The highest BCUT2D eigenvalue weighted by Crippen LogP contribution is 2.26. The van der Waals surface area contributed by atoms with Crippen molar-refractivity contribution in [2.45, 2.75) is 38.8 Å². The molecule has 0 saturated carbocycles. The van der Waals surface area contributed by atoms with Crippen molar-refractivity contribution in [1.82, 2.24) is 14.7 Å². The van der Waals surface area contributed by atoms with Crippen molar-refractivity contribution in [2.24, 2.45) is 12.8 Å². The number of ether oxygens (including phenoxy) is 1. The van der Waals surface area contributed by atoms with Gasteiger partial charge < -0.3 is 10.5 Å². The molecule has 1 unspecified atom stereocenters. The molecular formula is C14H25ClN4O. The van der Waals surface area contributed by atoms with Crippen LogP contribution in [0.4, 0.5) is 0 Å². The molecule has 0 spiro atoms. The fourth-order valence-corrected chi connectivity index (χ4v) is 3.00. The largest absolute Gasteiger partial charge is 0.379 e. The van der Waals surface area contributed by atoms with Crippen LogP contribution in [0.1, 0.15) is 25.1 Å². The third-order valence-corrected chi connectivity index (χ3v) is 4.90. The molecule has 0 bridgehead atoms. The Hall–Kier alpha value is -0.620. The Morgan fingerprint density at radius 1 is 1.40 bits per heavy atom. The Kier molecular flexibility index (Phi) is 4.74. The Bertz CT molecular complexity index is 466. The molecule has 0 aromatic carbocycles. The van der Waals surface area contributed by atoms with Gasteiger partial charge in [0.25, 0.3) is 0 Å². The molecule has 5 nitrogen and oxygen atoms in total. The highest BCUT2D eigenvalue weighted by atomic mass is 35.5. The third-order valence-electron chi connectivity index (χ3n) is 4.43. The molecule has 20 heavy (non-hydrogen) atoms. The zero-order valence-corrected chi connectivity index (χ0v) is 13.6. The minimum absolute atomic E-state index is 0.000926. The van der Waals surface area contributed by atoms with E-state index in [1.165, 1.54) is 0 Å². The quantitative estimate of drug-likeness (QED) is 0.912. The summed E-state index contributed by atoms with van der Waals surface area (Å²) in [7, 11) is 1.86. The second-order valence-electron chi connectivity index (χ2n) is 6.04. The van der Waals surface area contributed by atoms with Gasteiger partial charge in [-0.1, -0.05) is 11.6 Å². The predicted molar refractivity (Wildman–Crippen MR) is 81.1 cm³/mol. The number of nitrogens with two attached hydrogens (primary N) is 1. The van der Waals surface area contributed by atoms with E-state index in [0.717, 1.165) is 44.0 Å². The molecule has 114 valence electrons. The number of hydrogen-bond donors (Lipinski definition) is 1. The van der Waals surface area contributed by atoms with Crippen LogP contribution in [0.2, 0.25) is 5.15 Å². The molecule has 0 amide bonds. The van der Waals surface area contributed by atoms with Crippen LogP contribution in [0.3, 0.4) is 0 Å². The van der Waals surface area contributed by atoms with E-state index in [0.29, 0.717) is 5.15 Å². The van der Waals surface area contributed by atoms with Crippen LogP contribution in [-0.2, 0) is 18.2 Å². The van der Waals surface area contributed by atoms with Gasteiger partial charge in [-0.25, -0.2) is 0 Å². The number of nitrogens with zero attached hydrogens (tertiary/aromatic N) is 3. The van der Waals surface area contributed by atoms with Crippen LogP contribution in [0, 0.1) is 6.92 Å². The zero-order valence-electron chi connectivity index (χ0n) is 12.8. The summed E-state index contributed by atoms with van der Waals surface area (Å²) in [6.45, 7) is 9.80. The lowest BCUT2D eigenvalue weighted by Crippen LogP contribution is -2.59. The lowest BCUT2D eigenvalue weighted by atomic mass is 9.88. The first-order valence-corrected chi connectivity index (χ1v) is 7.48. The van der Waals surface area contributed by atoms with Crippen molar-refractivity contribution in [1.29, 1.82) is 0 Å². The van der Waals surface area contributed by atoms with Gasteiger partial charge in [0, 0.05) is 37.3 Å². The minimum Gasteiger partial charge on any atom is -0.379 e. The van der Waals surface area contributed by atoms with E-state index in [2.05, 4.69) is 23.8 Å². The Morgan fingerprint density at radius 3 is 2.50 bits per heavy atom. The van der Waals surface area contributed by atoms with Crippen molar-refractivity contribution in [3.63, 3.8) is 0 Å². The lowest BCUT2D eigenvalue weighted by Gasteiger charge is -2.44. The van der Waals surface area contributed by atoms with Crippen molar-refractivity contribution in [3.8, 4) is 0 Å². The van der Waals surface area contributed by atoms with E-state index < -0.39 is 0 Å². The van der Waals surface area contributed by atoms with Crippen molar-refractivity contribution in [2.75, 3.05) is 26.3 Å². The summed E-state index contributed by atoms with van der Waals surface area (Å²) >= 11 is 6.31. The second kappa shape index (κ2) is 6.02. The number of halogens is 1. The molecule has 6 heteroatoms. The van der Waals surface area contributed by atoms with Crippen molar-refractivity contribution < 1.29 is 4.74 Å². The van der Waals surface area contributed by atoms with Crippen LogP contribution in [0.5, 0.6) is 0 Å². The molecule has 1 aromatic rings. The SMILES string of the molecule is Cc1nn(C)c(Cl)c1CC(N)C(C)(C)N1CCOCC1. The minimum atomic E-state index is -0.0879. The van der Waals surface area contributed by atoms with E-state index in [-0.39, 0.29) is 11.6 Å². The maximum absolute atomic E-state index is 6.48. The zero-order chi connectivity index (χ0) is 14.9. The van der Waals surface area contributed by atoms with Gasteiger partial charge in [-0.3, -0.25) is 9.58 Å². The standard InChI is InChI=1S/C14H25ClN4O/c1-10-11(13(15)18(4)17-10)9-12(16)14(2,3)19-5-7-20-8-6-19/h12H,5-9,16H2,1-4H3. The number of hydrogen-bond acceptors (Lipinski definition) is 4. The fraction of sp³-hybridized carbons (Fsp3) is 0.786. The lowest BCUT2D eigenvalue weighted by molar-refractivity contribution is -0.0186.